The van der Waals surface area contributed by atoms with E-state index in [1.54, 1.807) is 0 Å². The summed E-state index contributed by atoms with van der Waals surface area (Å²) < 4.78 is 0. The van der Waals surface area contributed by atoms with Gasteiger partial charge >= 0.3 is 0 Å². The Hall–Kier alpha value is -1.11. The van der Waals surface area contributed by atoms with E-state index in [9.17, 15) is 4.79 Å². The molecule has 0 saturated heterocycles. The second-order valence-electron chi connectivity index (χ2n) is 6.05. The third kappa shape index (κ3) is 3.13. The number of aryl methyl sites for hydroxylation is 3. The summed E-state index contributed by atoms with van der Waals surface area (Å²) in [6, 6.07) is 4.52. The zero-order valence-corrected chi connectivity index (χ0v) is 13.3. The molecule has 0 N–H and O–H groups in total. The SMILES string of the molecule is CCc1cc(CC)c(C(=O)C2CCCCC2)c(CC)c1. The highest BCUT2D eigenvalue weighted by atomic mass is 16.1. The Balaban J connectivity index is 2.39. The zero-order valence-electron chi connectivity index (χ0n) is 13.3. The lowest BCUT2D eigenvalue weighted by Crippen LogP contribution is -2.21. The van der Waals surface area contributed by atoms with Gasteiger partial charge in [-0.1, -0.05) is 52.2 Å². The summed E-state index contributed by atoms with van der Waals surface area (Å²) in [6.45, 7) is 6.54. The Morgan fingerprint density at radius 1 is 0.950 bits per heavy atom. The zero-order chi connectivity index (χ0) is 14.5. The van der Waals surface area contributed by atoms with Crippen molar-refractivity contribution in [2.24, 2.45) is 5.92 Å². The van der Waals surface area contributed by atoms with Gasteiger partial charge in [0.05, 0.1) is 0 Å². The van der Waals surface area contributed by atoms with Crippen molar-refractivity contribution < 1.29 is 4.79 Å². The predicted octanol–water partition coefficient (Wildman–Crippen LogP) is 5.14. The van der Waals surface area contributed by atoms with Crippen molar-refractivity contribution in [1.29, 1.82) is 0 Å². The second-order valence-corrected chi connectivity index (χ2v) is 6.05. The van der Waals surface area contributed by atoms with Gasteiger partial charge in [0.1, 0.15) is 0 Å². The topological polar surface area (TPSA) is 17.1 Å². The van der Waals surface area contributed by atoms with Crippen LogP contribution in [0.15, 0.2) is 12.1 Å². The van der Waals surface area contributed by atoms with Crippen LogP contribution in [0.1, 0.15) is 79.9 Å². The van der Waals surface area contributed by atoms with Crippen LogP contribution in [0.5, 0.6) is 0 Å². The summed E-state index contributed by atoms with van der Waals surface area (Å²) in [4.78, 5) is 13.0. The molecule has 0 atom stereocenters. The molecule has 1 aromatic rings. The van der Waals surface area contributed by atoms with E-state index in [1.165, 1.54) is 36.0 Å². The smallest absolute Gasteiger partial charge is 0.166 e. The van der Waals surface area contributed by atoms with Gasteiger partial charge < -0.3 is 0 Å². The molecule has 0 spiro atoms. The fourth-order valence-corrected chi connectivity index (χ4v) is 3.49. The molecule has 1 aliphatic rings. The molecule has 1 saturated carbocycles. The number of rotatable bonds is 5. The van der Waals surface area contributed by atoms with Gasteiger partial charge in [-0.25, -0.2) is 0 Å². The highest BCUT2D eigenvalue weighted by Crippen LogP contribution is 2.30. The monoisotopic (exact) mass is 272 g/mol. The van der Waals surface area contributed by atoms with Crippen LogP contribution in [-0.4, -0.2) is 5.78 Å². The van der Waals surface area contributed by atoms with E-state index >= 15 is 0 Å². The Morgan fingerprint density at radius 3 is 1.95 bits per heavy atom. The van der Waals surface area contributed by atoms with Gasteiger partial charge in [-0.15, -0.1) is 0 Å². The van der Waals surface area contributed by atoms with Crippen LogP contribution in [0, 0.1) is 5.92 Å². The molecule has 0 heterocycles. The summed E-state index contributed by atoms with van der Waals surface area (Å²) in [5.41, 5.74) is 4.99. The van der Waals surface area contributed by atoms with E-state index in [-0.39, 0.29) is 5.92 Å². The molecule has 1 aliphatic carbocycles. The molecule has 0 radical (unpaired) electrons. The number of ketones is 1. The molecule has 20 heavy (non-hydrogen) atoms. The Kier molecular flexibility index (Phi) is 5.39. The maximum absolute atomic E-state index is 13.0. The average Bonchev–Trinajstić information content (AvgIpc) is 2.53. The third-order valence-electron chi connectivity index (χ3n) is 4.75. The Morgan fingerprint density at radius 2 is 1.50 bits per heavy atom. The first-order valence-electron chi connectivity index (χ1n) is 8.40. The van der Waals surface area contributed by atoms with Crippen molar-refractivity contribution in [2.75, 3.05) is 0 Å². The van der Waals surface area contributed by atoms with Gasteiger partial charge in [-0.3, -0.25) is 4.79 Å². The minimum Gasteiger partial charge on any atom is -0.294 e. The molecule has 0 aliphatic heterocycles. The fraction of sp³-hybridized carbons (Fsp3) is 0.632. The number of Topliss-reactive ketones (excluding diaryl/α,β-unsaturated/α-hetero) is 1. The summed E-state index contributed by atoms with van der Waals surface area (Å²) in [5, 5.41) is 0. The van der Waals surface area contributed by atoms with E-state index in [2.05, 4.69) is 32.9 Å². The van der Waals surface area contributed by atoms with Crippen LogP contribution >= 0.6 is 0 Å². The number of carbonyl (C=O) groups is 1. The van der Waals surface area contributed by atoms with Crippen molar-refractivity contribution in [1.82, 2.24) is 0 Å². The van der Waals surface area contributed by atoms with Crippen molar-refractivity contribution >= 4 is 5.78 Å². The Bertz CT molecular complexity index is 442. The minimum absolute atomic E-state index is 0.284. The van der Waals surface area contributed by atoms with Gasteiger partial charge in [0.15, 0.2) is 5.78 Å². The fourth-order valence-electron chi connectivity index (χ4n) is 3.49. The van der Waals surface area contributed by atoms with Crippen LogP contribution in [-0.2, 0) is 19.3 Å². The molecule has 0 bridgehead atoms. The molecule has 0 aromatic heterocycles. The molecule has 1 nitrogen and oxygen atoms in total. The molecular formula is C19H28O. The van der Waals surface area contributed by atoms with Gasteiger partial charge in [-0.2, -0.15) is 0 Å². The van der Waals surface area contributed by atoms with E-state index < -0.39 is 0 Å². The van der Waals surface area contributed by atoms with Crippen LogP contribution in [0.4, 0.5) is 0 Å². The molecule has 0 unspecified atom stereocenters. The molecule has 2 rings (SSSR count). The van der Waals surface area contributed by atoms with Gasteiger partial charge in [0.25, 0.3) is 0 Å². The lowest BCUT2D eigenvalue weighted by atomic mass is 9.80. The summed E-state index contributed by atoms with van der Waals surface area (Å²) in [5.74, 6) is 0.716. The Labute approximate surface area is 123 Å². The quantitative estimate of drug-likeness (QED) is 0.678. The normalized spacial score (nSPS) is 16.4. The van der Waals surface area contributed by atoms with E-state index in [1.807, 2.05) is 0 Å². The lowest BCUT2D eigenvalue weighted by Gasteiger charge is -2.23. The number of hydrogen-bond acceptors (Lipinski definition) is 1. The van der Waals surface area contributed by atoms with Gasteiger partial charge in [-0.05, 0) is 48.8 Å². The number of carbonyl (C=O) groups excluding carboxylic acids is 1. The van der Waals surface area contributed by atoms with Crippen LogP contribution in [0.2, 0.25) is 0 Å². The van der Waals surface area contributed by atoms with Crippen molar-refractivity contribution in [3.63, 3.8) is 0 Å². The summed E-state index contributed by atoms with van der Waals surface area (Å²) in [7, 11) is 0. The minimum atomic E-state index is 0.284. The van der Waals surface area contributed by atoms with Gasteiger partial charge in [0, 0.05) is 11.5 Å². The van der Waals surface area contributed by atoms with E-state index in [0.29, 0.717) is 5.78 Å². The molecule has 0 amide bonds. The van der Waals surface area contributed by atoms with E-state index in [4.69, 9.17) is 0 Å². The van der Waals surface area contributed by atoms with Crippen LogP contribution < -0.4 is 0 Å². The summed E-state index contributed by atoms with van der Waals surface area (Å²) in [6.07, 6.45) is 8.95. The van der Waals surface area contributed by atoms with Crippen molar-refractivity contribution in [2.45, 2.75) is 72.1 Å². The largest absolute Gasteiger partial charge is 0.294 e. The number of benzene rings is 1. The highest BCUT2D eigenvalue weighted by molar-refractivity contribution is 6.00. The molecule has 1 fully saturated rings. The van der Waals surface area contributed by atoms with Crippen molar-refractivity contribution in [3.05, 3.63) is 34.4 Å². The number of hydrogen-bond donors (Lipinski definition) is 0. The molecule has 1 aromatic carbocycles. The lowest BCUT2D eigenvalue weighted by molar-refractivity contribution is 0.0887. The first-order chi connectivity index (χ1) is 9.71. The third-order valence-corrected chi connectivity index (χ3v) is 4.75. The standard InChI is InChI=1S/C19H28O/c1-4-14-12-15(5-2)18(16(6-3)13-14)19(20)17-10-8-7-9-11-17/h12-13,17H,4-11H2,1-3H3. The maximum atomic E-state index is 13.0. The molecule has 1 heteroatoms. The van der Waals surface area contributed by atoms with Gasteiger partial charge in [0.2, 0.25) is 0 Å². The molecule has 110 valence electrons. The first-order valence-corrected chi connectivity index (χ1v) is 8.40. The summed E-state index contributed by atoms with van der Waals surface area (Å²) >= 11 is 0. The van der Waals surface area contributed by atoms with Crippen molar-refractivity contribution in [3.8, 4) is 0 Å². The highest BCUT2D eigenvalue weighted by Gasteiger charge is 2.25. The van der Waals surface area contributed by atoms with Crippen LogP contribution in [0.25, 0.3) is 0 Å². The predicted molar refractivity (Wildman–Crippen MR) is 85.5 cm³/mol. The molecular weight excluding hydrogens is 244 g/mol. The average molecular weight is 272 g/mol. The second kappa shape index (κ2) is 7.06. The van der Waals surface area contributed by atoms with Crippen LogP contribution in [0.3, 0.4) is 0 Å². The first kappa shape index (κ1) is 15.3. The maximum Gasteiger partial charge on any atom is 0.166 e. The van der Waals surface area contributed by atoms with E-state index in [0.717, 1.165) is 37.7 Å².